The fourth-order valence-corrected chi connectivity index (χ4v) is 2.18. The number of amides is 1. The largest absolute Gasteiger partial charge is 0.373 e. The summed E-state index contributed by atoms with van der Waals surface area (Å²) in [6, 6.07) is 4.01. The van der Waals surface area contributed by atoms with E-state index in [0.717, 1.165) is 0 Å². The van der Waals surface area contributed by atoms with Gasteiger partial charge in [0.2, 0.25) is 5.91 Å². The molecule has 1 rings (SSSR count). The molecule has 0 fully saturated rings. The Bertz CT molecular complexity index is 421. The second-order valence-electron chi connectivity index (χ2n) is 4.00. The third-order valence-corrected chi connectivity index (χ3v) is 3.40. The van der Waals surface area contributed by atoms with Gasteiger partial charge in [-0.25, -0.2) is 4.39 Å². The molecule has 0 radical (unpaired) electrons. The van der Waals surface area contributed by atoms with Gasteiger partial charge in [0.05, 0.1) is 0 Å². The number of anilines is 1. The first-order valence-corrected chi connectivity index (χ1v) is 6.79. The molecule has 1 unspecified atom stereocenters. The minimum atomic E-state index is -0.341. The average molecular weight is 317 g/mol. The quantitative estimate of drug-likeness (QED) is 0.904. The van der Waals surface area contributed by atoms with Crippen LogP contribution in [0, 0.1) is 5.82 Å². The molecule has 1 atom stereocenters. The zero-order valence-corrected chi connectivity index (χ0v) is 12.4. The second-order valence-corrected chi connectivity index (χ2v) is 4.86. The summed E-state index contributed by atoms with van der Waals surface area (Å²) in [4.78, 5) is 13.8. The maximum absolute atomic E-state index is 12.9. The van der Waals surface area contributed by atoms with Crippen molar-refractivity contribution in [3.63, 3.8) is 0 Å². The maximum Gasteiger partial charge on any atom is 0.244 e. The molecule has 100 valence electrons. The predicted molar refractivity (Wildman–Crippen MR) is 75.1 cm³/mol. The normalized spacial score (nSPS) is 12.1. The van der Waals surface area contributed by atoms with E-state index < -0.39 is 0 Å². The van der Waals surface area contributed by atoms with E-state index in [9.17, 15) is 9.18 Å². The van der Waals surface area contributed by atoms with Crippen LogP contribution in [-0.4, -0.2) is 29.9 Å². The lowest BCUT2D eigenvalue weighted by Gasteiger charge is -2.24. The highest BCUT2D eigenvalue weighted by Gasteiger charge is 2.18. The number of likely N-dealkylation sites (N-methyl/N-ethyl adjacent to an activating group) is 1. The minimum absolute atomic E-state index is 0.0382. The zero-order valence-electron chi connectivity index (χ0n) is 10.8. The Hall–Kier alpha value is -1.10. The Morgan fingerprint density at radius 3 is 2.56 bits per heavy atom. The molecule has 0 bridgehead atoms. The van der Waals surface area contributed by atoms with Crippen molar-refractivity contribution in [2.45, 2.75) is 26.8 Å². The van der Waals surface area contributed by atoms with Crippen LogP contribution in [0.3, 0.4) is 0 Å². The topological polar surface area (TPSA) is 32.3 Å². The van der Waals surface area contributed by atoms with Crippen molar-refractivity contribution in [1.29, 1.82) is 0 Å². The van der Waals surface area contributed by atoms with Gasteiger partial charge in [-0.1, -0.05) is 0 Å². The molecule has 0 aromatic heterocycles. The van der Waals surface area contributed by atoms with Gasteiger partial charge >= 0.3 is 0 Å². The summed E-state index contributed by atoms with van der Waals surface area (Å²) in [6.07, 6.45) is 0. The number of halogens is 2. The molecule has 3 nitrogen and oxygen atoms in total. The van der Waals surface area contributed by atoms with Gasteiger partial charge < -0.3 is 10.2 Å². The smallest absolute Gasteiger partial charge is 0.244 e. The Labute approximate surface area is 115 Å². The minimum Gasteiger partial charge on any atom is -0.373 e. The van der Waals surface area contributed by atoms with E-state index in [1.54, 1.807) is 17.9 Å². The standard InChI is InChI=1S/C13H18BrFN2O/c1-4-17(5-2)13(18)9(3)16-12-7-6-10(15)8-11(12)14/h6-9,16H,4-5H2,1-3H3. The molecule has 1 N–H and O–H groups in total. The van der Waals surface area contributed by atoms with Gasteiger partial charge in [0.25, 0.3) is 0 Å². The molecule has 0 aliphatic rings. The lowest BCUT2D eigenvalue weighted by atomic mass is 10.2. The van der Waals surface area contributed by atoms with Crippen LogP contribution >= 0.6 is 15.9 Å². The van der Waals surface area contributed by atoms with Gasteiger partial charge in [0.15, 0.2) is 0 Å². The Morgan fingerprint density at radius 2 is 2.06 bits per heavy atom. The van der Waals surface area contributed by atoms with Crippen LogP contribution in [0.25, 0.3) is 0 Å². The molecular weight excluding hydrogens is 299 g/mol. The van der Waals surface area contributed by atoms with E-state index in [-0.39, 0.29) is 17.8 Å². The van der Waals surface area contributed by atoms with Crippen molar-refractivity contribution in [3.05, 3.63) is 28.5 Å². The van der Waals surface area contributed by atoms with Gasteiger partial charge in [-0.3, -0.25) is 4.79 Å². The number of hydrogen-bond acceptors (Lipinski definition) is 2. The van der Waals surface area contributed by atoms with Crippen molar-refractivity contribution < 1.29 is 9.18 Å². The molecule has 5 heteroatoms. The lowest BCUT2D eigenvalue weighted by Crippen LogP contribution is -2.41. The predicted octanol–water partition coefficient (Wildman–Crippen LogP) is 3.26. The summed E-state index contributed by atoms with van der Waals surface area (Å²) >= 11 is 3.27. The number of rotatable bonds is 5. The highest BCUT2D eigenvalue weighted by atomic mass is 79.9. The first-order chi connectivity index (χ1) is 8.49. The number of benzene rings is 1. The third-order valence-electron chi connectivity index (χ3n) is 2.75. The fourth-order valence-electron chi connectivity index (χ4n) is 1.71. The third kappa shape index (κ3) is 3.70. The van der Waals surface area contributed by atoms with Gasteiger partial charge in [0, 0.05) is 23.2 Å². The first kappa shape index (κ1) is 15.0. The van der Waals surface area contributed by atoms with Crippen molar-refractivity contribution in [1.82, 2.24) is 4.90 Å². The lowest BCUT2D eigenvalue weighted by molar-refractivity contribution is -0.131. The first-order valence-electron chi connectivity index (χ1n) is 6.00. The fraction of sp³-hybridized carbons (Fsp3) is 0.462. The Kier molecular flexibility index (Phi) is 5.59. The van der Waals surface area contributed by atoms with Gasteiger partial charge in [-0.05, 0) is 54.9 Å². The SMILES string of the molecule is CCN(CC)C(=O)C(C)Nc1ccc(F)cc1Br. The highest BCUT2D eigenvalue weighted by molar-refractivity contribution is 9.10. The molecule has 1 aromatic carbocycles. The van der Waals surface area contributed by atoms with E-state index in [4.69, 9.17) is 0 Å². The molecule has 0 saturated heterocycles. The molecule has 0 heterocycles. The highest BCUT2D eigenvalue weighted by Crippen LogP contribution is 2.23. The number of carbonyl (C=O) groups is 1. The van der Waals surface area contributed by atoms with Crippen molar-refractivity contribution >= 4 is 27.5 Å². The molecule has 1 amide bonds. The van der Waals surface area contributed by atoms with Crippen molar-refractivity contribution in [2.24, 2.45) is 0 Å². The molecular formula is C13H18BrFN2O. The van der Waals surface area contributed by atoms with Crippen LogP contribution in [0.15, 0.2) is 22.7 Å². The maximum atomic E-state index is 12.9. The van der Waals surface area contributed by atoms with E-state index in [2.05, 4.69) is 21.2 Å². The molecule has 18 heavy (non-hydrogen) atoms. The van der Waals surface area contributed by atoms with E-state index >= 15 is 0 Å². The molecule has 1 aromatic rings. The Morgan fingerprint density at radius 1 is 1.44 bits per heavy atom. The van der Waals surface area contributed by atoms with Gasteiger partial charge in [0.1, 0.15) is 11.9 Å². The van der Waals surface area contributed by atoms with E-state index in [0.29, 0.717) is 23.2 Å². The van der Waals surface area contributed by atoms with E-state index in [1.165, 1.54) is 12.1 Å². The number of nitrogens with one attached hydrogen (secondary N) is 1. The van der Waals surface area contributed by atoms with Gasteiger partial charge in [-0.15, -0.1) is 0 Å². The Balaban J connectivity index is 2.75. The average Bonchev–Trinajstić information content (AvgIpc) is 2.34. The van der Waals surface area contributed by atoms with Crippen LogP contribution in [0.5, 0.6) is 0 Å². The van der Waals surface area contributed by atoms with Crippen LogP contribution < -0.4 is 5.32 Å². The van der Waals surface area contributed by atoms with Gasteiger partial charge in [-0.2, -0.15) is 0 Å². The summed E-state index contributed by atoms with van der Waals surface area (Å²) < 4.78 is 13.6. The van der Waals surface area contributed by atoms with Crippen molar-refractivity contribution in [2.75, 3.05) is 18.4 Å². The van der Waals surface area contributed by atoms with Crippen LogP contribution in [0.4, 0.5) is 10.1 Å². The van der Waals surface area contributed by atoms with Crippen LogP contribution in [0.2, 0.25) is 0 Å². The van der Waals surface area contributed by atoms with Crippen molar-refractivity contribution in [3.8, 4) is 0 Å². The molecule has 0 aliphatic heterocycles. The summed E-state index contributed by atoms with van der Waals surface area (Å²) in [5.41, 5.74) is 0.712. The zero-order chi connectivity index (χ0) is 13.7. The monoisotopic (exact) mass is 316 g/mol. The summed E-state index contributed by atoms with van der Waals surface area (Å²) in [6.45, 7) is 7.07. The molecule has 0 spiro atoms. The van der Waals surface area contributed by atoms with Crippen LogP contribution in [0.1, 0.15) is 20.8 Å². The summed E-state index contributed by atoms with van der Waals surface area (Å²) in [5, 5.41) is 3.08. The number of hydrogen-bond donors (Lipinski definition) is 1. The molecule has 0 saturated carbocycles. The summed E-state index contributed by atoms with van der Waals surface area (Å²) in [5.74, 6) is -0.272. The summed E-state index contributed by atoms with van der Waals surface area (Å²) in [7, 11) is 0. The number of nitrogens with zero attached hydrogens (tertiary/aromatic N) is 1. The molecule has 0 aliphatic carbocycles. The van der Waals surface area contributed by atoms with E-state index in [1.807, 2.05) is 13.8 Å². The number of carbonyl (C=O) groups excluding carboxylic acids is 1. The van der Waals surface area contributed by atoms with Crippen LogP contribution in [-0.2, 0) is 4.79 Å². The second kappa shape index (κ2) is 6.73.